The lowest BCUT2D eigenvalue weighted by molar-refractivity contribution is -0.150. The summed E-state index contributed by atoms with van der Waals surface area (Å²) in [4.78, 5) is 42.9. The minimum atomic E-state index is -1.23. The molecular formula is C18H20N6O5S3. The summed E-state index contributed by atoms with van der Waals surface area (Å²) < 4.78 is 5.11. The summed E-state index contributed by atoms with van der Waals surface area (Å²) in [5, 5.41) is 24.5. The van der Waals surface area contributed by atoms with Crippen molar-refractivity contribution in [3.8, 4) is 0 Å². The summed E-state index contributed by atoms with van der Waals surface area (Å²) in [6.07, 6.45) is 0.571. The number of nitrogens with one attached hydrogen (secondary N) is 1. The van der Waals surface area contributed by atoms with Crippen LogP contribution in [0, 0.1) is 6.92 Å². The normalized spacial score (nSPS) is 22.2. The summed E-state index contributed by atoms with van der Waals surface area (Å²) in [6.45, 7) is 5.27. The van der Waals surface area contributed by atoms with E-state index in [0.717, 1.165) is 5.01 Å². The average molecular weight is 497 g/mol. The molecule has 2 amide bonds. The molecule has 14 heteroatoms. The van der Waals surface area contributed by atoms with Gasteiger partial charge in [0.1, 0.15) is 33.0 Å². The van der Waals surface area contributed by atoms with Crippen molar-refractivity contribution in [1.82, 2.24) is 30.6 Å². The second-order valence-corrected chi connectivity index (χ2v) is 10.1. The third kappa shape index (κ3) is 3.90. The number of aryl methyl sites for hydroxylation is 2. The lowest BCUT2D eigenvalue weighted by Crippen LogP contribution is -2.70. The van der Waals surface area contributed by atoms with Crippen LogP contribution in [0.1, 0.15) is 46.7 Å². The molecule has 2 aromatic rings. The number of carboxylic acids is 1. The Kier molecular flexibility index (Phi) is 6.27. The number of fused-ring (bicyclic) bond motifs is 1. The Morgan fingerprint density at radius 2 is 2.16 bits per heavy atom. The van der Waals surface area contributed by atoms with Crippen LogP contribution in [0.2, 0.25) is 0 Å². The van der Waals surface area contributed by atoms with Gasteiger partial charge in [-0.2, -0.15) is 17.6 Å². The molecule has 11 nitrogen and oxygen atoms in total. The molecule has 1 fully saturated rings. The zero-order chi connectivity index (χ0) is 23.2. The van der Waals surface area contributed by atoms with Gasteiger partial charge in [0.05, 0.1) is 5.25 Å². The molecule has 2 aliphatic heterocycles. The Balaban J connectivity index is 1.52. The predicted octanol–water partition coefficient (Wildman–Crippen LogP) is 1.31. The molecule has 32 heavy (non-hydrogen) atoms. The highest BCUT2D eigenvalue weighted by Gasteiger charge is 2.55. The van der Waals surface area contributed by atoms with E-state index in [1.165, 1.54) is 28.0 Å². The SMILES string of the molecule is CCc1noc(C(C)C(=O)NC2C(=O)N3C(C(=O)O)=C(C(S)c4nnc(C)s4)CS[C@H]23)n1. The molecule has 1 saturated heterocycles. The standard InChI is InChI=1S/C18H20N6O5S3/c1-4-9-19-14(29-23-9)6(2)13(25)20-10-16(26)24-11(18(27)28)8(5-31-17(10)24)12(30)15-22-21-7(3)32-15/h6,10,12,17,30H,4-5H2,1-3H3,(H,20,25)(H,27,28)/t6?,10?,12?,17-/m1/s1. The summed E-state index contributed by atoms with van der Waals surface area (Å²) in [5.41, 5.74) is 0.359. The van der Waals surface area contributed by atoms with Crippen LogP contribution < -0.4 is 5.32 Å². The molecule has 0 aliphatic carbocycles. The van der Waals surface area contributed by atoms with Gasteiger partial charge in [0, 0.05) is 12.2 Å². The van der Waals surface area contributed by atoms with Gasteiger partial charge < -0.3 is 14.9 Å². The molecule has 0 radical (unpaired) electrons. The molecule has 2 aromatic heterocycles. The lowest BCUT2D eigenvalue weighted by atomic mass is 10.0. The van der Waals surface area contributed by atoms with E-state index in [-0.39, 0.29) is 11.6 Å². The van der Waals surface area contributed by atoms with Crippen LogP contribution >= 0.6 is 35.7 Å². The molecule has 0 aromatic carbocycles. The van der Waals surface area contributed by atoms with E-state index < -0.39 is 40.4 Å². The Labute approximate surface area is 196 Å². The number of carboxylic acid groups (broad SMARTS) is 1. The molecular weight excluding hydrogens is 476 g/mol. The van der Waals surface area contributed by atoms with Gasteiger partial charge in [0.25, 0.3) is 5.91 Å². The third-order valence-corrected chi connectivity index (χ3v) is 8.10. The van der Waals surface area contributed by atoms with Crippen molar-refractivity contribution >= 4 is 53.5 Å². The van der Waals surface area contributed by atoms with Crippen molar-refractivity contribution in [3.63, 3.8) is 0 Å². The van der Waals surface area contributed by atoms with Crippen molar-refractivity contribution in [3.05, 3.63) is 33.0 Å². The van der Waals surface area contributed by atoms with Crippen molar-refractivity contribution in [2.24, 2.45) is 0 Å². The predicted molar refractivity (Wildman–Crippen MR) is 118 cm³/mol. The van der Waals surface area contributed by atoms with Gasteiger partial charge >= 0.3 is 5.97 Å². The summed E-state index contributed by atoms with van der Waals surface area (Å²) in [5.74, 6) is -1.93. The van der Waals surface area contributed by atoms with E-state index in [2.05, 4.69) is 38.3 Å². The number of carbonyl (C=O) groups is 3. The minimum absolute atomic E-state index is 0.116. The van der Waals surface area contributed by atoms with Crippen molar-refractivity contribution < 1.29 is 24.0 Å². The molecule has 170 valence electrons. The van der Waals surface area contributed by atoms with E-state index in [0.29, 0.717) is 28.6 Å². The molecule has 4 rings (SSSR count). The molecule has 2 N–H and O–H groups in total. The second kappa shape index (κ2) is 8.83. The van der Waals surface area contributed by atoms with Crippen LogP contribution in [0.4, 0.5) is 0 Å². The maximum atomic E-state index is 12.9. The lowest BCUT2D eigenvalue weighted by Gasteiger charge is -2.50. The first-order chi connectivity index (χ1) is 15.2. The first-order valence-electron chi connectivity index (χ1n) is 9.74. The third-order valence-electron chi connectivity index (χ3n) is 5.17. The van der Waals surface area contributed by atoms with E-state index in [1.54, 1.807) is 13.8 Å². The highest BCUT2D eigenvalue weighted by Crippen LogP contribution is 2.45. The number of aromatic nitrogens is 4. The number of nitrogens with zero attached hydrogens (tertiary/aromatic N) is 5. The molecule has 0 bridgehead atoms. The largest absolute Gasteiger partial charge is 0.477 e. The number of β-lactam (4-membered cyclic amide) rings is 1. The van der Waals surface area contributed by atoms with Crippen LogP contribution in [0.5, 0.6) is 0 Å². The highest BCUT2D eigenvalue weighted by atomic mass is 32.2. The summed E-state index contributed by atoms with van der Waals surface area (Å²) >= 11 is 7.24. The van der Waals surface area contributed by atoms with Gasteiger partial charge in [0.15, 0.2) is 5.82 Å². The van der Waals surface area contributed by atoms with Crippen molar-refractivity contribution in [1.29, 1.82) is 0 Å². The Morgan fingerprint density at radius 3 is 2.75 bits per heavy atom. The van der Waals surface area contributed by atoms with E-state index in [9.17, 15) is 19.5 Å². The topological polar surface area (TPSA) is 151 Å². The van der Waals surface area contributed by atoms with Crippen molar-refractivity contribution in [2.75, 3.05) is 5.75 Å². The Bertz CT molecular complexity index is 1110. The maximum Gasteiger partial charge on any atom is 0.352 e. The van der Waals surface area contributed by atoms with Gasteiger partial charge in [-0.05, 0) is 19.4 Å². The van der Waals surface area contributed by atoms with Gasteiger partial charge in [-0.25, -0.2) is 4.79 Å². The fourth-order valence-corrected chi connectivity index (χ4v) is 6.06. The highest BCUT2D eigenvalue weighted by molar-refractivity contribution is 8.00. The minimum Gasteiger partial charge on any atom is -0.477 e. The Hall–Kier alpha value is -2.45. The first-order valence-corrected chi connectivity index (χ1v) is 12.1. The Morgan fingerprint density at radius 1 is 1.41 bits per heavy atom. The molecule has 4 atom stereocenters. The van der Waals surface area contributed by atoms with Crippen LogP contribution in [-0.2, 0) is 20.8 Å². The molecule has 0 spiro atoms. The zero-order valence-corrected chi connectivity index (χ0v) is 19.8. The van der Waals surface area contributed by atoms with Crippen LogP contribution in [0.3, 0.4) is 0 Å². The van der Waals surface area contributed by atoms with Gasteiger partial charge in [0.2, 0.25) is 11.8 Å². The van der Waals surface area contributed by atoms with E-state index in [1.807, 2.05) is 6.92 Å². The van der Waals surface area contributed by atoms with Crippen molar-refractivity contribution in [2.45, 2.75) is 49.8 Å². The fraction of sp³-hybridized carbons (Fsp3) is 0.500. The number of hydrogen-bond donors (Lipinski definition) is 3. The average Bonchev–Trinajstić information content (AvgIpc) is 3.44. The maximum absolute atomic E-state index is 12.9. The first kappa shape index (κ1) is 22.7. The zero-order valence-electron chi connectivity index (χ0n) is 17.3. The summed E-state index contributed by atoms with van der Waals surface area (Å²) in [6, 6.07) is -0.846. The number of aliphatic carboxylic acids is 1. The molecule has 3 unspecified atom stereocenters. The monoisotopic (exact) mass is 496 g/mol. The molecule has 2 aliphatic rings. The fourth-order valence-electron chi connectivity index (χ4n) is 3.40. The number of rotatable bonds is 7. The van der Waals surface area contributed by atoms with Gasteiger partial charge in [-0.15, -0.1) is 33.3 Å². The number of thioether (sulfide) groups is 1. The van der Waals surface area contributed by atoms with Gasteiger partial charge in [-0.3, -0.25) is 14.5 Å². The number of thiol groups is 1. The number of hydrogen-bond acceptors (Lipinski definition) is 11. The smallest absolute Gasteiger partial charge is 0.352 e. The van der Waals surface area contributed by atoms with Crippen LogP contribution in [-0.4, -0.2) is 65.3 Å². The quantitative estimate of drug-likeness (QED) is 0.378. The van der Waals surface area contributed by atoms with E-state index in [4.69, 9.17) is 4.52 Å². The van der Waals surface area contributed by atoms with Crippen LogP contribution in [0.25, 0.3) is 0 Å². The number of carbonyl (C=O) groups excluding carboxylic acids is 2. The molecule has 4 heterocycles. The van der Waals surface area contributed by atoms with E-state index >= 15 is 0 Å². The summed E-state index contributed by atoms with van der Waals surface area (Å²) in [7, 11) is 0. The second-order valence-electron chi connectivity index (χ2n) is 7.26. The van der Waals surface area contributed by atoms with Crippen LogP contribution in [0.15, 0.2) is 15.8 Å². The van der Waals surface area contributed by atoms with Gasteiger partial charge in [-0.1, -0.05) is 12.1 Å². The number of amides is 2. The molecule has 0 saturated carbocycles.